The van der Waals surface area contributed by atoms with Crippen molar-refractivity contribution < 1.29 is 9.53 Å². The fourth-order valence-corrected chi connectivity index (χ4v) is 0.856. The van der Waals surface area contributed by atoms with Crippen molar-refractivity contribution >= 4 is 57.4 Å². The molecular weight excluding hydrogens is 191 g/mol. The van der Waals surface area contributed by atoms with Gasteiger partial charge in [0.1, 0.15) is 0 Å². The maximum atomic E-state index is 11.2. The van der Waals surface area contributed by atoms with E-state index in [1.807, 2.05) is 32.0 Å². The first-order chi connectivity index (χ1) is 5.70. The Bertz CT molecular complexity index is 257. The van der Waals surface area contributed by atoms with Crippen LogP contribution in [0.3, 0.4) is 0 Å². The normalized spacial score (nSPS) is 9.15. The van der Waals surface area contributed by atoms with Crippen molar-refractivity contribution in [3.8, 4) is 0 Å². The van der Waals surface area contributed by atoms with Crippen LogP contribution >= 0.6 is 0 Å². The Balaban J connectivity index is 0.00000144. The second-order valence-corrected chi connectivity index (χ2v) is 2.82. The standard InChI is InChI=1S/C10H12O2.K.H/c1-8(2)12-10(11)9-6-4-3-5-7-9;;/h3-8H,1-2H3;;. The Kier molecular flexibility index (Phi) is 6.90. The van der Waals surface area contributed by atoms with Crippen LogP contribution in [0.1, 0.15) is 24.2 Å². The molecule has 1 rings (SSSR count). The molecule has 0 fully saturated rings. The minimum atomic E-state index is -0.259. The van der Waals surface area contributed by atoms with Crippen molar-refractivity contribution in [3.05, 3.63) is 35.9 Å². The van der Waals surface area contributed by atoms with Crippen LogP contribution in [0.15, 0.2) is 30.3 Å². The zero-order valence-electron chi connectivity index (χ0n) is 7.28. The summed E-state index contributed by atoms with van der Waals surface area (Å²) in [6.45, 7) is 3.67. The molecule has 66 valence electrons. The summed E-state index contributed by atoms with van der Waals surface area (Å²) in [7, 11) is 0. The predicted octanol–water partition coefficient (Wildman–Crippen LogP) is 1.60. The summed E-state index contributed by atoms with van der Waals surface area (Å²) in [5.41, 5.74) is 0.603. The molecule has 0 atom stereocenters. The molecule has 0 amide bonds. The van der Waals surface area contributed by atoms with Crippen LogP contribution in [0.4, 0.5) is 0 Å². The van der Waals surface area contributed by atoms with E-state index in [1.165, 1.54) is 0 Å². The van der Waals surface area contributed by atoms with Crippen LogP contribution in [0.5, 0.6) is 0 Å². The molecule has 0 saturated carbocycles. The van der Waals surface area contributed by atoms with Gasteiger partial charge in [0.25, 0.3) is 0 Å². The molecule has 0 spiro atoms. The van der Waals surface area contributed by atoms with E-state index in [0.29, 0.717) is 5.56 Å². The van der Waals surface area contributed by atoms with E-state index in [2.05, 4.69) is 0 Å². The molecule has 0 N–H and O–H groups in total. The molecule has 0 unspecified atom stereocenters. The molecule has 3 heteroatoms. The summed E-state index contributed by atoms with van der Waals surface area (Å²) < 4.78 is 5.00. The van der Waals surface area contributed by atoms with Gasteiger partial charge in [0.2, 0.25) is 0 Å². The first kappa shape index (κ1) is 13.3. The molecule has 2 nitrogen and oxygen atoms in total. The van der Waals surface area contributed by atoms with Crippen LogP contribution in [0, 0.1) is 0 Å². The fourth-order valence-electron chi connectivity index (χ4n) is 0.856. The monoisotopic (exact) mass is 204 g/mol. The van der Waals surface area contributed by atoms with Crippen molar-refractivity contribution in [1.29, 1.82) is 0 Å². The van der Waals surface area contributed by atoms with Gasteiger partial charge in [0.05, 0.1) is 11.7 Å². The number of esters is 1. The van der Waals surface area contributed by atoms with Gasteiger partial charge >= 0.3 is 57.4 Å². The average Bonchev–Trinajstić information content (AvgIpc) is 2.05. The summed E-state index contributed by atoms with van der Waals surface area (Å²) >= 11 is 0. The van der Waals surface area contributed by atoms with Gasteiger partial charge < -0.3 is 4.74 Å². The third-order valence-corrected chi connectivity index (χ3v) is 1.35. The molecule has 0 radical (unpaired) electrons. The van der Waals surface area contributed by atoms with Gasteiger partial charge in [-0.15, -0.1) is 0 Å². The Morgan fingerprint density at radius 3 is 2.23 bits per heavy atom. The molecule has 1 aromatic carbocycles. The summed E-state index contributed by atoms with van der Waals surface area (Å²) in [6.07, 6.45) is -0.0577. The van der Waals surface area contributed by atoms with Gasteiger partial charge in [0.15, 0.2) is 0 Å². The van der Waals surface area contributed by atoms with Crippen molar-refractivity contribution in [1.82, 2.24) is 0 Å². The van der Waals surface area contributed by atoms with Crippen molar-refractivity contribution in [3.63, 3.8) is 0 Å². The summed E-state index contributed by atoms with van der Waals surface area (Å²) in [5.74, 6) is -0.259. The van der Waals surface area contributed by atoms with E-state index in [0.717, 1.165) is 0 Å². The van der Waals surface area contributed by atoms with Crippen molar-refractivity contribution in [2.45, 2.75) is 20.0 Å². The van der Waals surface area contributed by atoms with E-state index in [9.17, 15) is 4.79 Å². The summed E-state index contributed by atoms with van der Waals surface area (Å²) in [5, 5.41) is 0. The van der Waals surface area contributed by atoms with Crippen LogP contribution in [-0.4, -0.2) is 63.5 Å². The third kappa shape index (κ3) is 4.93. The predicted molar refractivity (Wildman–Crippen MR) is 54.1 cm³/mol. The van der Waals surface area contributed by atoms with Gasteiger partial charge in [0, 0.05) is 0 Å². The van der Waals surface area contributed by atoms with Crippen LogP contribution in [0.25, 0.3) is 0 Å². The third-order valence-electron chi connectivity index (χ3n) is 1.35. The summed E-state index contributed by atoms with van der Waals surface area (Å²) in [4.78, 5) is 11.2. The Morgan fingerprint density at radius 1 is 1.23 bits per heavy atom. The van der Waals surface area contributed by atoms with Crippen LogP contribution < -0.4 is 0 Å². The molecule has 1 aromatic rings. The van der Waals surface area contributed by atoms with E-state index in [4.69, 9.17) is 4.74 Å². The van der Waals surface area contributed by atoms with Gasteiger partial charge in [-0.1, -0.05) is 18.2 Å². The van der Waals surface area contributed by atoms with Gasteiger partial charge in [-0.2, -0.15) is 0 Å². The van der Waals surface area contributed by atoms with E-state index < -0.39 is 0 Å². The maximum absolute atomic E-state index is 11.2. The first-order valence-corrected chi connectivity index (χ1v) is 3.96. The molecule has 0 bridgehead atoms. The molecule has 0 heterocycles. The number of hydrogen-bond donors (Lipinski definition) is 0. The minimum absolute atomic E-state index is 0. The van der Waals surface area contributed by atoms with Crippen LogP contribution in [0.2, 0.25) is 0 Å². The van der Waals surface area contributed by atoms with E-state index in [-0.39, 0.29) is 63.5 Å². The second kappa shape index (κ2) is 6.73. The number of rotatable bonds is 2. The van der Waals surface area contributed by atoms with Gasteiger partial charge in [-0.3, -0.25) is 0 Å². The molecular formula is C10H13KO2. The Hall–Kier alpha value is 0.326. The first-order valence-electron chi connectivity index (χ1n) is 3.96. The Labute approximate surface area is 121 Å². The number of benzene rings is 1. The van der Waals surface area contributed by atoms with Crippen molar-refractivity contribution in [2.24, 2.45) is 0 Å². The SMILES string of the molecule is CC(C)OC(=O)c1ccccc1.[KH]. The quantitative estimate of drug-likeness (QED) is 0.540. The zero-order valence-corrected chi connectivity index (χ0v) is 7.28. The van der Waals surface area contributed by atoms with E-state index >= 15 is 0 Å². The van der Waals surface area contributed by atoms with Crippen LogP contribution in [-0.2, 0) is 4.74 Å². The Morgan fingerprint density at radius 2 is 1.77 bits per heavy atom. The molecule has 0 saturated heterocycles. The molecule has 13 heavy (non-hydrogen) atoms. The van der Waals surface area contributed by atoms with Gasteiger partial charge in [-0.25, -0.2) is 4.79 Å². The second-order valence-electron chi connectivity index (χ2n) is 2.82. The van der Waals surface area contributed by atoms with Gasteiger partial charge in [-0.05, 0) is 26.0 Å². The van der Waals surface area contributed by atoms with Crippen molar-refractivity contribution in [2.75, 3.05) is 0 Å². The zero-order chi connectivity index (χ0) is 8.97. The number of hydrogen-bond acceptors (Lipinski definition) is 2. The molecule has 0 aliphatic carbocycles. The van der Waals surface area contributed by atoms with E-state index in [1.54, 1.807) is 12.1 Å². The topological polar surface area (TPSA) is 26.3 Å². The number of carbonyl (C=O) groups is 1. The number of carbonyl (C=O) groups excluding carboxylic acids is 1. The molecule has 0 aliphatic heterocycles. The fraction of sp³-hybridized carbons (Fsp3) is 0.300. The number of ether oxygens (including phenoxy) is 1. The average molecular weight is 204 g/mol. The summed E-state index contributed by atoms with van der Waals surface area (Å²) in [6, 6.07) is 8.98. The molecule has 0 aliphatic rings. The molecule has 0 aromatic heterocycles.